The summed E-state index contributed by atoms with van der Waals surface area (Å²) >= 11 is 1.47. The molecule has 2 bridgehead atoms. The Balaban J connectivity index is 1.22. The van der Waals surface area contributed by atoms with Crippen molar-refractivity contribution in [2.24, 2.45) is 17.8 Å². The number of carbonyl (C=O) groups excluding carboxylic acids is 2. The molecule has 1 saturated carbocycles. The summed E-state index contributed by atoms with van der Waals surface area (Å²) in [5, 5.41) is 5.04. The molecule has 3 saturated heterocycles. The van der Waals surface area contributed by atoms with E-state index in [-0.39, 0.29) is 17.6 Å². The molecule has 1 aromatic heterocycles. The number of nitrogens with zero attached hydrogens (tertiary/aromatic N) is 1. The lowest BCUT2D eigenvalue weighted by Gasteiger charge is -2.29. The second-order valence-corrected chi connectivity index (χ2v) is 9.79. The highest BCUT2D eigenvalue weighted by atomic mass is 32.1. The number of hydrogen-bond donors (Lipinski definition) is 1. The molecule has 0 unspecified atom stereocenters. The number of likely N-dealkylation sites (tertiary alicyclic amines) is 1. The molecule has 146 valence electrons. The van der Waals surface area contributed by atoms with Gasteiger partial charge in [0.2, 0.25) is 5.91 Å². The van der Waals surface area contributed by atoms with E-state index >= 15 is 0 Å². The van der Waals surface area contributed by atoms with Gasteiger partial charge in [0.1, 0.15) is 0 Å². The lowest BCUT2D eigenvalue weighted by atomic mass is 9.73. The number of hydrogen-bond acceptors (Lipinski definition) is 4. The molecule has 0 radical (unpaired) electrons. The second-order valence-electron chi connectivity index (χ2n) is 8.85. The fourth-order valence-electron chi connectivity index (χ4n) is 5.95. The van der Waals surface area contributed by atoms with Crippen molar-refractivity contribution in [3.63, 3.8) is 0 Å². The Kier molecular flexibility index (Phi) is 4.51. The van der Waals surface area contributed by atoms with Crippen molar-refractivity contribution >= 4 is 23.2 Å². The first kappa shape index (κ1) is 17.7. The Morgan fingerprint density at radius 1 is 1.30 bits per heavy atom. The fourth-order valence-corrected chi connectivity index (χ4v) is 6.59. The molecular formula is C21H28N2O3S. The van der Waals surface area contributed by atoms with Gasteiger partial charge in [0, 0.05) is 31.3 Å². The van der Waals surface area contributed by atoms with E-state index < -0.39 is 0 Å². The Morgan fingerprint density at radius 3 is 2.93 bits per heavy atom. The summed E-state index contributed by atoms with van der Waals surface area (Å²) in [4.78, 5) is 28.0. The summed E-state index contributed by atoms with van der Waals surface area (Å²) in [5.74, 6) is 1.61. The smallest absolute Gasteiger partial charge is 0.261 e. The Hall–Kier alpha value is -1.40. The van der Waals surface area contributed by atoms with Gasteiger partial charge >= 0.3 is 0 Å². The zero-order chi connectivity index (χ0) is 18.4. The van der Waals surface area contributed by atoms with Crippen LogP contribution in [0.25, 0.3) is 0 Å². The van der Waals surface area contributed by atoms with Crippen molar-refractivity contribution in [2.75, 3.05) is 19.6 Å². The fraction of sp³-hybridized carbons (Fsp3) is 0.714. The minimum atomic E-state index is -0.145. The van der Waals surface area contributed by atoms with Crippen LogP contribution >= 0.6 is 11.3 Å². The van der Waals surface area contributed by atoms with Crippen molar-refractivity contribution < 1.29 is 14.3 Å². The maximum Gasteiger partial charge on any atom is 0.261 e. The van der Waals surface area contributed by atoms with Crippen LogP contribution in [0.1, 0.15) is 54.6 Å². The molecule has 4 atom stereocenters. The maximum absolute atomic E-state index is 12.8. The van der Waals surface area contributed by atoms with E-state index in [0.29, 0.717) is 36.6 Å². The molecule has 5 nitrogen and oxygen atoms in total. The van der Waals surface area contributed by atoms with Gasteiger partial charge in [-0.05, 0) is 43.0 Å². The number of amides is 2. The van der Waals surface area contributed by atoms with Crippen LogP contribution in [0.15, 0.2) is 17.5 Å². The van der Waals surface area contributed by atoms with Crippen LogP contribution in [0, 0.1) is 17.8 Å². The largest absolute Gasteiger partial charge is 0.369 e. The minimum absolute atomic E-state index is 0.00832. The van der Waals surface area contributed by atoms with Crippen molar-refractivity contribution in [3.8, 4) is 0 Å². The van der Waals surface area contributed by atoms with E-state index in [1.54, 1.807) is 0 Å². The van der Waals surface area contributed by atoms with Gasteiger partial charge in [-0.1, -0.05) is 18.9 Å². The average molecular weight is 389 g/mol. The van der Waals surface area contributed by atoms with Crippen LogP contribution in [0.3, 0.4) is 0 Å². The lowest BCUT2D eigenvalue weighted by molar-refractivity contribution is -0.132. The van der Waals surface area contributed by atoms with E-state index in [4.69, 9.17) is 4.74 Å². The predicted octanol–water partition coefficient (Wildman–Crippen LogP) is 3.06. The monoisotopic (exact) mass is 388 g/mol. The maximum atomic E-state index is 12.8. The second kappa shape index (κ2) is 6.89. The molecule has 2 amide bonds. The summed E-state index contributed by atoms with van der Waals surface area (Å²) in [6.45, 7) is 2.22. The molecule has 1 aliphatic carbocycles. The highest BCUT2D eigenvalue weighted by Crippen LogP contribution is 2.54. The zero-order valence-electron chi connectivity index (χ0n) is 15.7. The number of thiophene rings is 1. The van der Waals surface area contributed by atoms with Crippen molar-refractivity contribution in [1.29, 1.82) is 0 Å². The zero-order valence-corrected chi connectivity index (χ0v) is 16.5. The molecule has 1 aromatic rings. The van der Waals surface area contributed by atoms with Gasteiger partial charge in [-0.25, -0.2) is 0 Å². The summed E-state index contributed by atoms with van der Waals surface area (Å²) in [6.07, 6.45) is 8.06. The first-order chi connectivity index (χ1) is 13.1. The number of ether oxygens (including phenoxy) is 1. The first-order valence-electron chi connectivity index (χ1n) is 10.4. The van der Waals surface area contributed by atoms with E-state index in [0.717, 1.165) is 30.8 Å². The van der Waals surface area contributed by atoms with E-state index in [9.17, 15) is 9.59 Å². The molecule has 5 rings (SSSR count). The number of nitrogens with one attached hydrogen (secondary N) is 1. The van der Waals surface area contributed by atoms with Gasteiger partial charge < -0.3 is 15.0 Å². The van der Waals surface area contributed by atoms with Gasteiger partial charge in [-0.15, -0.1) is 11.3 Å². The molecule has 6 heteroatoms. The highest BCUT2D eigenvalue weighted by molar-refractivity contribution is 7.12. The van der Waals surface area contributed by atoms with Crippen LogP contribution in [0.4, 0.5) is 0 Å². The Bertz CT molecular complexity index is 715. The Labute approximate surface area is 164 Å². The van der Waals surface area contributed by atoms with Gasteiger partial charge in [0.15, 0.2) is 0 Å². The summed E-state index contributed by atoms with van der Waals surface area (Å²) < 4.78 is 6.43. The number of rotatable bonds is 5. The van der Waals surface area contributed by atoms with Crippen LogP contribution in [0.2, 0.25) is 0 Å². The SMILES string of the molecule is O=C(NC[C@H]1[C@H]2CN(C(=O)CC3CCCC3)C[C@]23CC[C@H]1O3)c1cccs1. The number of fused-ring (bicyclic) bond motifs is 1. The average Bonchev–Trinajstić information content (AvgIpc) is 3.46. The normalized spacial score (nSPS) is 35.0. The van der Waals surface area contributed by atoms with Gasteiger partial charge in [0.25, 0.3) is 5.91 Å². The predicted molar refractivity (Wildman–Crippen MR) is 104 cm³/mol. The van der Waals surface area contributed by atoms with Crippen LogP contribution in [0.5, 0.6) is 0 Å². The first-order valence-corrected chi connectivity index (χ1v) is 11.3. The molecule has 3 aliphatic heterocycles. The third kappa shape index (κ3) is 3.11. The van der Waals surface area contributed by atoms with Crippen molar-refractivity contribution in [2.45, 2.75) is 56.7 Å². The Morgan fingerprint density at radius 2 is 2.15 bits per heavy atom. The van der Waals surface area contributed by atoms with Gasteiger partial charge in [0.05, 0.1) is 23.1 Å². The molecule has 27 heavy (non-hydrogen) atoms. The molecule has 4 fully saturated rings. The lowest BCUT2D eigenvalue weighted by Crippen LogP contribution is -2.41. The summed E-state index contributed by atoms with van der Waals surface area (Å²) in [7, 11) is 0. The van der Waals surface area contributed by atoms with E-state index in [2.05, 4.69) is 10.2 Å². The van der Waals surface area contributed by atoms with Gasteiger partial charge in [-0.3, -0.25) is 9.59 Å². The molecule has 1 spiro atoms. The molecule has 4 aliphatic rings. The highest BCUT2D eigenvalue weighted by Gasteiger charge is 2.63. The van der Waals surface area contributed by atoms with Gasteiger partial charge in [-0.2, -0.15) is 0 Å². The quantitative estimate of drug-likeness (QED) is 0.843. The molecular weight excluding hydrogens is 360 g/mol. The third-order valence-electron chi connectivity index (χ3n) is 7.32. The molecule has 0 aromatic carbocycles. The summed E-state index contributed by atoms with van der Waals surface area (Å²) in [5.41, 5.74) is -0.145. The topological polar surface area (TPSA) is 58.6 Å². The summed E-state index contributed by atoms with van der Waals surface area (Å²) in [6, 6.07) is 3.76. The molecule has 4 heterocycles. The van der Waals surface area contributed by atoms with E-state index in [1.807, 2.05) is 17.5 Å². The molecule has 1 N–H and O–H groups in total. The van der Waals surface area contributed by atoms with Crippen LogP contribution in [-0.4, -0.2) is 48.1 Å². The van der Waals surface area contributed by atoms with E-state index in [1.165, 1.54) is 37.0 Å². The van der Waals surface area contributed by atoms with Crippen molar-refractivity contribution in [1.82, 2.24) is 10.2 Å². The number of carbonyl (C=O) groups is 2. The van der Waals surface area contributed by atoms with Crippen molar-refractivity contribution in [3.05, 3.63) is 22.4 Å². The minimum Gasteiger partial charge on any atom is -0.369 e. The third-order valence-corrected chi connectivity index (χ3v) is 8.19. The van der Waals surface area contributed by atoms with Crippen LogP contribution in [-0.2, 0) is 9.53 Å². The van der Waals surface area contributed by atoms with Crippen LogP contribution < -0.4 is 5.32 Å². The standard InChI is InChI=1S/C21H28N2O3S/c24-19(10-14-4-1-2-5-14)23-12-16-15(17-7-8-21(16,13-23)26-17)11-22-20(25)18-6-3-9-27-18/h3,6,9,14-17H,1-2,4-5,7-8,10-13H2,(H,22,25)/t15-,16+,17+,21+/m0/s1.